The van der Waals surface area contributed by atoms with E-state index in [0.717, 1.165) is 10.5 Å². The molecule has 0 fully saturated rings. The fourth-order valence-corrected chi connectivity index (χ4v) is 2.98. The lowest BCUT2D eigenvalue weighted by Gasteiger charge is -2.27. The Bertz CT molecular complexity index is 1040. The molecule has 0 radical (unpaired) electrons. The van der Waals surface area contributed by atoms with Gasteiger partial charge in [0.05, 0.1) is 7.11 Å². The standard InChI is InChI=1S/C25H29N3O5/c1-7-28(21(29)16-26-24(31)33-25(3,4)5)22(18-10-8-9-17(2)15-18)23(30)27-19-11-13-20(32-6)14-12-19/h1,8-15,22H,16H2,2-6H3,(H,26,31)(H,27,30). The molecular weight excluding hydrogens is 422 g/mol. The van der Waals surface area contributed by atoms with Gasteiger partial charge in [-0.15, -0.1) is 0 Å². The molecule has 2 N–H and O–H groups in total. The molecule has 1 unspecified atom stereocenters. The highest BCUT2D eigenvalue weighted by Gasteiger charge is 2.31. The summed E-state index contributed by atoms with van der Waals surface area (Å²) < 4.78 is 10.3. The fourth-order valence-electron chi connectivity index (χ4n) is 2.98. The number of rotatable bonds is 7. The number of carbonyl (C=O) groups is 3. The average molecular weight is 452 g/mol. The van der Waals surface area contributed by atoms with E-state index in [-0.39, 0.29) is 0 Å². The summed E-state index contributed by atoms with van der Waals surface area (Å²) in [6.45, 7) is 6.56. The number of aryl methyl sites for hydroxylation is 1. The van der Waals surface area contributed by atoms with Gasteiger partial charge in [0.25, 0.3) is 11.8 Å². The lowest BCUT2D eigenvalue weighted by Crippen LogP contribution is -2.44. The number of hydrogen-bond acceptors (Lipinski definition) is 5. The van der Waals surface area contributed by atoms with Crippen LogP contribution < -0.4 is 15.4 Å². The number of amides is 3. The van der Waals surface area contributed by atoms with Crippen LogP contribution in [0.2, 0.25) is 0 Å². The van der Waals surface area contributed by atoms with Gasteiger partial charge in [0.15, 0.2) is 0 Å². The molecule has 2 rings (SSSR count). The Balaban J connectivity index is 2.27. The number of benzene rings is 2. The lowest BCUT2D eigenvalue weighted by molar-refractivity contribution is -0.134. The largest absolute Gasteiger partial charge is 0.497 e. The molecule has 0 aliphatic carbocycles. The minimum atomic E-state index is -1.12. The molecule has 0 spiro atoms. The molecule has 8 nitrogen and oxygen atoms in total. The van der Waals surface area contributed by atoms with Crippen LogP contribution in [0.1, 0.15) is 37.9 Å². The van der Waals surface area contributed by atoms with Crippen molar-refractivity contribution in [1.82, 2.24) is 10.2 Å². The fraction of sp³-hybridized carbons (Fsp3) is 0.320. The van der Waals surface area contributed by atoms with E-state index < -0.39 is 36.1 Å². The van der Waals surface area contributed by atoms with Crippen molar-refractivity contribution in [2.45, 2.75) is 39.3 Å². The maximum atomic E-state index is 13.3. The SMILES string of the molecule is C#CN(C(=O)CNC(=O)OC(C)(C)C)C(C(=O)Nc1ccc(OC)cc1)c1cccc(C)c1. The number of hydrogen-bond donors (Lipinski definition) is 2. The smallest absolute Gasteiger partial charge is 0.408 e. The molecule has 2 aromatic rings. The molecular formula is C25H29N3O5. The van der Waals surface area contributed by atoms with E-state index in [1.807, 2.05) is 13.0 Å². The number of ether oxygens (including phenoxy) is 2. The molecule has 33 heavy (non-hydrogen) atoms. The van der Waals surface area contributed by atoms with Crippen LogP contribution in [0, 0.1) is 19.4 Å². The van der Waals surface area contributed by atoms with E-state index in [1.165, 1.54) is 0 Å². The van der Waals surface area contributed by atoms with Crippen molar-refractivity contribution < 1.29 is 23.9 Å². The Morgan fingerprint density at radius 3 is 2.33 bits per heavy atom. The van der Waals surface area contributed by atoms with Gasteiger partial charge in [-0.25, -0.2) is 4.79 Å². The Morgan fingerprint density at radius 2 is 1.79 bits per heavy atom. The quantitative estimate of drug-likeness (QED) is 0.495. The Labute approximate surface area is 194 Å². The number of alkyl carbamates (subject to hydrolysis) is 1. The molecule has 3 amide bonds. The first kappa shape index (κ1) is 25.3. The van der Waals surface area contributed by atoms with Crippen molar-refractivity contribution in [2.24, 2.45) is 0 Å². The zero-order valence-electron chi connectivity index (χ0n) is 19.5. The third-order valence-corrected chi connectivity index (χ3v) is 4.41. The van der Waals surface area contributed by atoms with Crippen LogP contribution in [-0.4, -0.2) is 42.1 Å². The molecule has 2 aromatic carbocycles. The predicted octanol–water partition coefficient (Wildman–Crippen LogP) is 3.63. The van der Waals surface area contributed by atoms with Crippen LogP contribution in [0.5, 0.6) is 5.75 Å². The van der Waals surface area contributed by atoms with Crippen LogP contribution in [0.15, 0.2) is 48.5 Å². The van der Waals surface area contributed by atoms with Crippen LogP contribution in [-0.2, 0) is 14.3 Å². The Morgan fingerprint density at radius 1 is 1.12 bits per heavy atom. The first-order valence-electron chi connectivity index (χ1n) is 10.3. The van der Waals surface area contributed by atoms with Crippen molar-refractivity contribution in [3.8, 4) is 18.2 Å². The van der Waals surface area contributed by atoms with Crippen LogP contribution >= 0.6 is 0 Å². The summed E-state index contributed by atoms with van der Waals surface area (Å²) in [5, 5.41) is 5.16. The minimum absolute atomic E-state index is 0.433. The third-order valence-electron chi connectivity index (χ3n) is 4.41. The molecule has 0 saturated carbocycles. The lowest BCUT2D eigenvalue weighted by atomic mass is 10.0. The number of nitrogens with zero attached hydrogens (tertiary/aromatic N) is 1. The van der Waals surface area contributed by atoms with Gasteiger partial charge in [-0.1, -0.05) is 36.3 Å². The topological polar surface area (TPSA) is 97.0 Å². The Kier molecular flexibility index (Phi) is 8.46. The van der Waals surface area contributed by atoms with E-state index in [0.29, 0.717) is 17.0 Å². The zero-order chi connectivity index (χ0) is 24.6. The highest BCUT2D eigenvalue weighted by Crippen LogP contribution is 2.24. The molecule has 0 aliphatic heterocycles. The van der Waals surface area contributed by atoms with Gasteiger partial charge in [-0.3, -0.25) is 14.5 Å². The summed E-state index contributed by atoms with van der Waals surface area (Å²) in [4.78, 5) is 39.1. The van der Waals surface area contributed by atoms with Crippen molar-refractivity contribution in [3.05, 3.63) is 59.7 Å². The second-order valence-electron chi connectivity index (χ2n) is 8.28. The van der Waals surface area contributed by atoms with Gasteiger partial charge in [0.1, 0.15) is 23.9 Å². The van der Waals surface area contributed by atoms with Gasteiger partial charge in [-0.05, 0) is 57.5 Å². The van der Waals surface area contributed by atoms with Crippen molar-refractivity contribution >= 4 is 23.6 Å². The number of anilines is 1. The van der Waals surface area contributed by atoms with Gasteiger partial charge < -0.3 is 20.1 Å². The van der Waals surface area contributed by atoms with Gasteiger partial charge >= 0.3 is 6.09 Å². The maximum Gasteiger partial charge on any atom is 0.408 e. The maximum absolute atomic E-state index is 13.3. The first-order chi connectivity index (χ1) is 15.5. The van der Waals surface area contributed by atoms with Crippen molar-refractivity contribution in [3.63, 3.8) is 0 Å². The molecule has 0 saturated heterocycles. The van der Waals surface area contributed by atoms with Crippen LogP contribution in [0.4, 0.5) is 10.5 Å². The number of terminal acetylenes is 1. The van der Waals surface area contributed by atoms with Gasteiger partial charge in [-0.2, -0.15) is 0 Å². The summed E-state index contributed by atoms with van der Waals surface area (Å²) in [6.07, 6.45) is 4.88. The average Bonchev–Trinajstić information content (AvgIpc) is 2.75. The number of nitrogens with one attached hydrogen (secondary N) is 2. The normalized spacial score (nSPS) is 11.5. The van der Waals surface area contributed by atoms with E-state index in [4.69, 9.17) is 15.9 Å². The number of methoxy groups -OCH3 is 1. The molecule has 0 bridgehead atoms. The van der Waals surface area contributed by atoms with Crippen LogP contribution in [0.25, 0.3) is 0 Å². The zero-order valence-corrected chi connectivity index (χ0v) is 19.5. The monoisotopic (exact) mass is 451 g/mol. The summed E-state index contributed by atoms with van der Waals surface area (Å²) in [5.41, 5.74) is 1.21. The van der Waals surface area contributed by atoms with E-state index in [1.54, 1.807) is 70.3 Å². The van der Waals surface area contributed by atoms with Crippen molar-refractivity contribution in [2.75, 3.05) is 19.0 Å². The molecule has 1 atom stereocenters. The van der Waals surface area contributed by atoms with Gasteiger partial charge in [0, 0.05) is 11.7 Å². The van der Waals surface area contributed by atoms with E-state index in [2.05, 4.69) is 16.7 Å². The molecule has 174 valence electrons. The van der Waals surface area contributed by atoms with Crippen molar-refractivity contribution in [1.29, 1.82) is 0 Å². The Hall–Kier alpha value is -3.99. The molecule has 0 heterocycles. The minimum Gasteiger partial charge on any atom is -0.497 e. The molecule has 0 aliphatic rings. The molecule has 0 aromatic heterocycles. The highest BCUT2D eigenvalue weighted by molar-refractivity contribution is 5.99. The van der Waals surface area contributed by atoms with E-state index >= 15 is 0 Å². The summed E-state index contributed by atoms with van der Waals surface area (Å²) >= 11 is 0. The van der Waals surface area contributed by atoms with E-state index in [9.17, 15) is 14.4 Å². The first-order valence-corrected chi connectivity index (χ1v) is 10.3. The predicted molar refractivity (Wildman–Crippen MR) is 125 cm³/mol. The van der Waals surface area contributed by atoms with Gasteiger partial charge in [0.2, 0.25) is 0 Å². The van der Waals surface area contributed by atoms with Crippen LogP contribution in [0.3, 0.4) is 0 Å². The number of carbonyl (C=O) groups excluding carboxylic acids is 3. The summed E-state index contributed by atoms with van der Waals surface area (Å²) in [6, 6.07) is 15.1. The summed E-state index contributed by atoms with van der Waals surface area (Å²) in [7, 11) is 1.54. The second-order valence-corrected chi connectivity index (χ2v) is 8.28. The highest BCUT2D eigenvalue weighted by atomic mass is 16.6. The molecule has 8 heteroatoms. The second kappa shape index (κ2) is 11.0. The summed E-state index contributed by atoms with van der Waals surface area (Å²) in [5.74, 6) is -0.508. The third kappa shape index (κ3) is 7.58.